The summed E-state index contributed by atoms with van der Waals surface area (Å²) in [5, 5.41) is 10.5. The molecule has 0 bridgehead atoms. The Morgan fingerprint density at radius 2 is 2.04 bits per heavy atom. The van der Waals surface area contributed by atoms with Crippen molar-refractivity contribution < 1.29 is 0 Å². The molecule has 5 rings (SSSR count). The largest absolute Gasteiger partial charge is 0.306 e. The minimum atomic E-state index is -0.0777. The van der Waals surface area contributed by atoms with Gasteiger partial charge in [0.1, 0.15) is 22.1 Å². The van der Waals surface area contributed by atoms with Crippen LogP contribution in [0.4, 0.5) is 0 Å². The second-order valence-electron chi connectivity index (χ2n) is 6.11. The standard InChI is InChI=1S/C19H13N3OS/c20-9-13-14(11-5-2-1-3-6-11)10-22-17(13)21-18(23)16-12-7-4-8-15(12)24-19(16)22/h1-3,5-6,10H,4,7-8H2,(H,21,23). The van der Waals surface area contributed by atoms with Gasteiger partial charge in [0.05, 0.1) is 5.39 Å². The zero-order valence-electron chi connectivity index (χ0n) is 12.8. The molecular weight excluding hydrogens is 318 g/mol. The van der Waals surface area contributed by atoms with Crippen LogP contribution in [0, 0.1) is 11.3 Å². The van der Waals surface area contributed by atoms with Crippen LogP contribution < -0.4 is 5.56 Å². The summed E-state index contributed by atoms with van der Waals surface area (Å²) in [5.41, 5.74) is 4.07. The van der Waals surface area contributed by atoms with Gasteiger partial charge in [-0.2, -0.15) is 5.26 Å². The average molecular weight is 331 g/mol. The molecule has 0 fully saturated rings. The number of fused-ring (bicyclic) bond motifs is 5. The number of aryl methyl sites for hydroxylation is 2. The van der Waals surface area contributed by atoms with Crippen LogP contribution in [0.2, 0.25) is 0 Å². The van der Waals surface area contributed by atoms with Gasteiger partial charge in [0.25, 0.3) is 5.56 Å². The molecule has 4 nitrogen and oxygen atoms in total. The van der Waals surface area contributed by atoms with Crippen LogP contribution in [0.1, 0.15) is 22.4 Å². The lowest BCUT2D eigenvalue weighted by Gasteiger charge is -1.99. The van der Waals surface area contributed by atoms with Gasteiger partial charge in [0.2, 0.25) is 0 Å². The summed E-state index contributed by atoms with van der Waals surface area (Å²) in [6.45, 7) is 0. The van der Waals surface area contributed by atoms with Crippen molar-refractivity contribution in [3.63, 3.8) is 0 Å². The zero-order valence-corrected chi connectivity index (χ0v) is 13.6. The van der Waals surface area contributed by atoms with E-state index < -0.39 is 0 Å². The van der Waals surface area contributed by atoms with E-state index in [0.717, 1.165) is 40.6 Å². The number of nitrogens with one attached hydrogen (secondary N) is 1. The predicted octanol–water partition coefficient (Wildman–Crippen LogP) is 3.87. The molecule has 0 saturated heterocycles. The number of hydrogen-bond donors (Lipinski definition) is 1. The third-order valence-electron chi connectivity index (χ3n) is 4.78. The first-order chi connectivity index (χ1) is 11.8. The summed E-state index contributed by atoms with van der Waals surface area (Å²) >= 11 is 1.69. The van der Waals surface area contributed by atoms with Crippen molar-refractivity contribution >= 4 is 27.2 Å². The molecule has 1 N–H and O–H groups in total. The number of benzene rings is 1. The van der Waals surface area contributed by atoms with Crippen molar-refractivity contribution in [3.05, 3.63) is 62.9 Å². The summed E-state index contributed by atoms with van der Waals surface area (Å²) in [7, 11) is 0. The first-order valence-electron chi connectivity index (χ1n) is 7.95. The number of thiophene rings is 1. The van der Waals surface area contributed by atoms with E-state index in [9.17, 15) is 10.1 Å². The Bertz CT molecular complexity index is 1210. The highest BCUT2D eigenvalue weighted by molar-refractivity contribution is 7.19. The van der Waals surface area contributed by atoms with Gasteiger partial charge in [-0.05, 0) is 30.4 Å². The molecule has 0 atom stereocenters. The van der Waals surface area contributed by atoms with Gasteiger partial charge >= 0.3 is 0 Å². The Balaban J connectivity index is 1.94. The highest BCUT2D eigenvalue weighted by Gasteiger charge is 2.23. The normalized spacial score (nSPS) is 13.5. The molecule has 0 radical (unpaired) electrons. The van der Waals surface area contributed by atoms with Crippen LogP contribution in [0.15, 0.2) is 41.3 Å². The highest BCUT2D eigenvalue weighted by Crippen LogP contribution is 2.37. The highest BCUT2D eigenvalue weighted by atomic mass is 32.1. The number of aromatic nitrogens is 2. The van der Waals surface area contributed by atoms with E-state index in [4.69, 9.17) is 0 Å². The van der Waals surface area contributed by atoms with Crippen LogP contribution in [-0.4, -0.2) is 9.38 Å². The van der Waals surface area contributed by atoms with Crippen molar-refractivity contribution in [3.8, 4) is 17.2 Å². The molecule has 3 heterocycles. The fraction of sp³-hybridized carbons (Fsp3) is 0.158. The van der Waals surface area contributed by atoms with Crippen molar-refractivity contribution in [1.29, 1.82) is 5.26 Å². The molecule has 0 amide bonds. The number of aromatic amines is 1. The molecule has 24 heavy (non-hydrogen) atoms. The Kier molecular flexibility index (Phi) is 2.73. The topological polar surface area (TPSA) is 61.1 Å². The van der Waals surface area contributed by atoms with Gasteiger partial charge in [0, 0.05) is 16.6 Å². The van der Waals surface area contributed by atoms with E-state index in [1.165, 1.54) is 10.4 Å². The SMILES string of the molecule is N#Cc1c(-c2ccccc2)cn2c1[nH]c(=O)c1c3c(sc12)CCC3. The van der Waals surface area contributed by atoms with E-state index in [0.29, 0.717) is 11.2 Å². The van der Waals surface area contributed by atoms with E-state index in [-0.39, 0.29) is 5.56 Å². The number of rotatable bonds is 1. The van der Waals surface area contributed by atoms with Crippen molar-refractivity contribution in [2.24, 2.45) is 0 Å². The molecule has 1 aliphatic carbocycles. The van der Waals surface area contributed by atoms with E-state index in [1.807, 2.05) is 40.9 Å². The minimum absolute atomic E-state index is 0.0777. The lowest BCUT2D eigenvalue weighted by molar-refractivity contribution is 0.916. The zero-order chi connectivity index (χ0) is 16.3. The number of H-pyrrole nitrogens is 1. The van der Waals surface area contributed by atoms with Gasteiger partial charge in [-0.1, -0.05) is 30.3 Å². The summed E-state index contributed by atoms with van der Waals surface area (Å²) in [4.78, 5) is 17.9. The summed E-state index contributed by atoms with van der Waals surface area (Å²) in [5.74, 6) is 0. The number of nitrogens with zero attached hydrogens (tertiary/aromatic N) is 2. The van der Waals surface area contributed by atoms with Crippen LogP contribution >= 0.6 is 11.3 Å². The Labute approximate surface area is 141 Å². The third kappa shape index (κ3) is 1.69. The fourth-order valence-electron chi connectivity index (χ4n) is 3.70. The molecule has 0 unspecified atom stereocenters. The van der Waals surface area contributed by atoms with Gasteiger partial charge in [-0.15, -0.1) is 11.3 Å². The van der Waals surface area contributed by atoms with Gasteiger partial charge < -0.3 is 4.98 Å². The second-order valence-corrected chi connectivity index (χ2v) is 7.19. The Hall–Kier alpha value is -2.84. The van der Waals surface area contributed by atoms with Crippen LogP contribution in [-0.2, 0) is 12.8 Å². The maximum Gasteiger partial charge on any atom is 0.260 e. The third-order valence-corrected chi connectivity index (χ3v) is 6.07. The molecular formula is C19H13N3OS. The average Bonchev–Trinajstić information content (AvgIpc) is 3.27. The first-order valence-corrected chi connectivity index (χ1v) is 8.76. The molecule has 0 saturated carbocycles. The number of hydrogen-bond acceptors (Lipinski definition) is 3. The van der Waals surface area contributed by atoms with Crippen molar-refractivity contribution in [2.45, 2.75) is 19.3 Å². The monoisotopic (exact) mass is 331 g/mol. The maximum atomic E-state index is 12.7. The minimum Gasteiger partial charge on any atom is -0.306 e. The van der Waals surface area contributed by atoms with Crippen molar-refractivity contribution in [1.82, 2.24) is 9.38 Å². The number of nitriles is 1. The van der Waals surface area contributed by atoms with E-state index >= 15 is 0 Å². The molecule has 4 aromatic rings. The predicted molar refractivity (Wildman–Crippen MR) is 95.6 cm³/mol. The summed E-state index contributed by atoms with van der Waals surface area (Å²) < 4.78 is 1.99. The fourth-order valence-corrected chi connectivity index (χ4v) is 5.07. The van der Waals surface area contributed by atoms with Crippen LogP contribution in [0.3, 0.4) is 0 Å². The van der Waals surface area contributed by atoms with E-state index in [2.05, 4.69) is 11.1 Å². The first kappa shape index (κ1) is 13.6. The molecule has 116 valence electrons. The smallest absolute Gasteiger partial charge is 0.260 e. The van der Waals surface area contributed by atoms with Gasteiger partial charge in [0.15, 0.2) is 0 Å². The van der Waals surface area contributed by atoms with Crippen molar-refractivity contribution in [2.75, 3.05) is 0 Å². The molecule has 1 aliphatic rings. The summed E-state index contributed by atoms with van der Waals surface area (Å²) in [6.07, 6.45) is 5.13. The molecule has 0 aliphatic heterocycles. The molecule has 0 spiro atoms. The molecule has 5 heteroatoms. The van der Waals surface area contributed by atoms with Crippen LogP contribution in [0.5, 0.6) is 0 Å². The molecule has 3 aromatic heterocycles. The second kappa shape index (κ2) is 4.83. The van der Waals surface area contributed by atoms with Gasteiger partial charge in [-0.3, -0.25) is 9.20 Å². The lowest BCUT2D eigenvalue weighted by Crippen LogP contribution is -2.09. The van der Waals surface area contributed by atoms with Crippen LogP contribution in [0.25, 0.3) is 27.0 Å². The quantitative estimate of drug-likeness (QED) is 0.575. The van der Waals surface area contributed by atoms with Gasteiger partial charge in [-0.25, -0.2) is 0 Å². The lowest BCUT2D eigenvalue weighted by atomic mass is 10.1. The molecule has 1 aromatic carbocycles. The maximum absolute atomic E-state index is 12.7. The Morgan fingerprint density at radius 1 is 1.21 bits per heavy atom. The summed E-state index contributed by atoms with van der Waals surface area (Å²) in [6, 6.07) is 12.1. The van der Waals surface area contributed by atoms with E-state index in [1.54, 1.807) is 11.3 Å². The Morgan fingerprint density at radius 3 is 2.83 bits per heavy atom.